The predicted octanol–water partition coefficient (Wildman–Crippen LogP) is 5.01. The highest BCUT2D eigenvalue weighted by Crippen LogP contribution is 2.40. The van der Waals surface area contributed by atoms with Crippen molar-refractivity contribution in [1.82, 2.24) is 0 Å². The van der Waals surface area contributed by atoms with Crippen LogP contribution in [0, 0.1) is 11.6 Å². The van der Waals surface area contributed by atoms with Gasteiger partial charge < -0.3 is 20.3 Å². The molecule has 0 radical (unpaired) electrons. The molecule has 4 rings (SSSR count). The average molecular weight is 496 g/mol. The van der Waals surface area contributed by atoms with Crippen LogP contribution in [0.15, 0.2) is 60.7 Å². The first-order valence-corrected chi connectivity index (χ1v) is 11.5. The molecule has 1 amide bonds. The van der Waals surface area contributed by atoms with Gasteiger partial charge in [-0.15, -0.1) is 0 Å². The van der Waals surface area contributed by atoms with Crippen LogP contribution in [0.2, 0.25) is 0 Å². The molecule has 0 fully saturated rings. The number of anilines is 1. The van der Waals surface area contributed by atoms with Crippen molar-refractivity contribution in [3.05, 3.63) is 94.6 Å². The molecule has 6 nitrogen and oxygen atoms in total. The number of cyclic esters (lactones) is 1. The van der Waals surface area contributed by atoms with Gasteiger partial charge in [-0.1, -0.05) is 26.0 Å². The van der Waals surface area contributed by atoms with Crippen molar-refractivity contribution in [3.8, 4) is 5.75 Å². The quantitative estimate of drug-likeness (QED) is 0.382. The third-order valence-electron chi connectivity index (χ3n) is 6.34. The number of phenols is 1. The summed E-state index contributed by atoms with van der Waals surface area (Å²) >= 11 is 0. The molecule has 1 atom stereocenters. The van der Waals surface area contributed by atoms with E-state index >= 15 is 0 Å². The van der Waals surface area contributed by atoms with Crippen LogP contribution in [0.1, 0.15) is 53.7 Å². The molecule has 3 aromatic carbocycles. The normalized spacial score (nSPS) is 14.6. The standard InChI is InChI=1S/C28H27F2NO5/c1-27(2,23-12-20(30)6-9-24(23)32)16-28(35,13-17-4-3-5-19(29)10-17)14-25(33)31-21-7-8-22-18(11-21)15-36-26(22)34/h3-12,32,35H,13-16H2,1-2H3,(H,31,33). The monoisotopic (exact) mass is 495 g/mol. The summed E-state index contributed by atoms with van der Waals surface area (Å²) in [6.45, 7) is 3.58. The molecule has 3 aromatic rings. The highest BCUT2D eigenvalue weighted by atomic mass is 19.1. The molecule has 0 saturated carbocycles. The molecular formula is C28H27F2NO5. The molecular weight excluding hydrogens is 468 g/mol. The van der Waals surface area contributed by atoms with E-state index < -0.39 is 34.5 Å². The summed E-state index contributed by atoms with van der Waals surface area (Å²) in [4.78, 5) is 24.7. The smallest absolute Gasteiger partial charge is 0.338 e. The van der Waals surface area contributed by atoms with Crippen molar-refractivity contribution in [1.29, 1.82) is 0 Å². The number of benzene rings is 3. The number of rotatable bonds is 8. The molecule has 188 valence electrons. The third-order valence-corrected chi connectivity index (χ3v) is 6.34. The Morgan fingerprint density at radius 3 is 2.56 bits per heavy atom. The summed E-state index contributed by atoms with van der Waals surface area (Å²) in [6.07, 6.45) is -0.437. The van der Waals surface area contributed by atoms with Gasteiger partial charge in [0.2, 0.25) is 5.91 Å². The van der Waals surface area contributed by atoms with Crippen molar-refractivity contribution < 1.29 is 33.3 Å². The first-order valence-electron chi connectivity index (χ1n) is 11.5. The summed E-state index contributed by atoms with van der Waals surface area (Å²) in [6, 6.07) is 14.1. The topological polar surface area (TPSA) is 95.9 Å². The minimum atomic E-state index is -1.67. The number of ether oxygens (including phenoxy) is 1. The molecule has 36 heavy (non-hydrogen) atoms. The number of hydrogen-bond acceptors (Lipinski definition) is 5. The van der Waals surface area contributed by atoms with Crippen molar-refractivity contribution in [2.24, 2.45) is 0 Å². The highest BCUT2D eigenvalue weighted by molar-refractivity contribution is 5.96. The number of phenolic OH excluding ortho intramolecular Hbond substituents is 1. The Morgan fingerprint density at radius 1 is 1.06 bits per heavy atom. The van der Waals surface area contributed by atoms with Crippen LogP contribution >= 0.6 is 0 Å². The summed E-state index contributed by atoms with van der Waals surface area (Å²) in [5.74, 6) is -2.07. The van der Waals surface area contributed by atoms with E-state index in [-0.39, 0.29) is 37.2 Å². The van der Waals surface area contributed by atoms with Gasteiger partial charge in [-0.3, -0.25) is 4.79 Å². The van der Waals surface area contributed by atoms with Gasteiger partial charge in [0.15, 0.2) is 0 Å². The van der Waals surface area contributed by atoms with Crippen LogP contribution in [0.5, 0.6) is 5.75 Å². The van der Waals surface area contributed by atoms with E-state index in [4.69, 9.17) is 4.74 Å². The Labute approximate surface area is 207 Å². The number of hydrogen-bond donors (Lipinski definition) is 3. The summed E-state index contributed by atoms with van der Waals surface area (Å²) < 4.78 is 32.8. The molecule has 1 aliphatic heterocycles. The van der Waals surface area contributed by atoms with Crippen LogP contribution in [-0.4, -0.2) is 27.7 Å². The lowest BCUT2D eigenvalue weighted by Crippen LogP contribution is -2.42. The SMILES string of the molecule is CC(C)(CC(O)(CC(=O)Nc1ccc2c(c1)COC2=O)Cc1cccc(F)c1)c1cc(F)ccc1O. The summed E-state index contributed by atoms with van der Waals surface area (Å²) in [5.41, 5.74) is -0.327. The zero-order valence-corrected chi connectivity index (χ0v) is 20.0. The highest BCUT2D eigenvalue weighted by Gasteiger charge is 2.39. The van der Waals surface area contributed by atoms with Gasteiger partial charge in [0.05, 0.1) is 17.6 Å². The molecule has 1 unspecified atom stereocenters. The maximum atomic E-state index is 14.0. The van der Waals surface area contributed by atoms with Gasteiger partial charge >= 0.3 is 5.97 Å². The van der Waals surface area contributed by atoms with Crippen LogP contribution < -0.4 is 5.32 Å². The number of esters is 1. The number of carbonyl (C=O) groups is 2. The van der Waals surface area contributed by atoms with Crippen molar-refractivity contribution in [2.45, 2.75) is 50.7 Å². The second-order valence-corrected chi connectivity index (χ2v) is 9.93. The van der Waals surface area contributed by atoms with Crippen LogP contribution in [0.4, 0.5) is 14.5 Å². The van der Waals surface area contributed by atoms with Crippen LogP contribution in [0.3, 0.4) is 0 Å². The van der Waals surface area contributed by atoms with Gasteiger partial charge in [0, 0.05) is 23.2 Å². The minimum Gasteiger partial charge on any atom is -0.508 e. The molecule has 1 aliphatic rings. The Morgan fingerprint density at radius 2 is 1.81 bits per heavy atom. The maximum Gasteiger partial charge on any atom is 0.338 e. The largest absolute Gasteiger partial charge is 0.508 e. The van der Waals surface area contributed by atoms with Crippen molar-refractivity contribution in [2.75, 3.05) is 5.32 Å². The predicted molar refractivity (Wildman–Crippen MR) is 130 cm³/mol. The summed E-state index contributed by atoms with van der Waals surface area (Å²) in [5, 5.41) is 24.8. The first-order chi connectivity index (χ1) is 16.9. The first kappa shape index (κ1) is 25.3. The minimum absolute atomic E-state index is 0.0342. The Balaban J connectivity index is 1.59. The zero-order valence-electron chi connectivity index (χ0n) is 20.0. The molecule has 0 spiro atoms. The number of aliphatic hydroxyl groups is 1. The van der Waals surface area contributed by atoms with E-state index in [1.54, 1.807) is 38.1 Å². The van der Waals surface area contributed by atoms with E-state index in [1.807, 2.05) is 0 Å². The number of fused-ring (bicyclic) bond motifs is 1. The zero-order chi connectivity index (χ0) is 26.1. The fraction of sp³-hybridized carbons (Fsp3) is 0.286. The number of aromatic hydroxyl groups is 1. The fourth-order valence-electron chi connectivity index (χ4n) is 4.90. The van der Waals surface area contributed by atoms with Gasteiger partial charge in [-0.2, -0.15) is 0 Å². The molecule has 3 N–H and O–H groups in total. The second kappa shape index (κ2) is 9.70. The number of carbonyl (C=O) groups excluding carboxylic acids is 2. The lowest BCUT2D eigenvalue weighted by atomic mass is 9.72. The van der Waals surface area contributed by atoms with E-state index in [1.165, 1.54) is 30.3 Å². The van der Waals surface area contributed by atoms with Crippen molar-refractivity contribution in [3.63, 3.8) is 0 Å². The Bertz CT molecular complexity index is 1320. The second-order valence-electron chi connectivity index (χ2n) is 9.93. The van der Waals surface area contributed by atoms with E-state index in [0.29, 0.717) is 22.4 Å². The lowest BCUT2D eigenvalue weighted by Gasteiger charge is -2.37. The lowest BCUT2D eigenvalue weighted by molar-refractivity contribution is -0.121. The molecule has 0 aromatic heterocycles. The van der Waals surface area contributed by atoms with E-state index in [0.717, 1.165) is 6.07 Å². The fourth-order valence-corrected chi connectivity index (χ4v) is 4.90. The molecule has 0 aliphatic carbocycles. The number of halogens is 2. The van der Waals surface area contributed by atoms with Crippen LogP contribution in [0.25, 0.3) is 0 Å². The van der Waals surface area contributed by atoms with Gasteiger partial charge in [0.25, 0.3) is 0 Å². The maximum absolute atomic E-state index is 14.0. The van der Waals surface area contributed by atoms with Gasteiger partial charge in [-0.05, 0) is 65.9 Å². The number of amides is 1. The molecule has 8 heteroatoms. The van der Waals surface area contributed by atoms with Crippen molar-refractivity contribution >= 4 is 17.6 Å². The van der Waals surface area contributed by atoms with Crippen LogP contribution in [-0.2, 0) is 28.0 Å². The average Bonchev–Trinajstić information content (AvgIpc) is 3.14. The molecule has 0 saturated heterocycles. The third kappa shape index (κ3) is 5.71. The molecule has 0 bridgehead atoms. The van der Waals surface area contributed by atoms with Gasteiger partial charge in [-0.25, -0.2) is 13.6 Å². The van der Waals surface area contributed by atoms with Gasteiger partial charge in [0.1, 0.15) is 24.0 Å². The molecule has 1 heterocycles. The number of nitrogens with one attached hydrogen (secondary N) is 1. The summed E-state index contributed by atoms with van der Waals surface area (Å²) in [7, 11) is 0. The Hall–Kier alpha value is -3.78. The van der Waals surface area contributed by atoms with E-state index in [9.17, 15) is 28.6 Å². The Kier molecular flexibility index (Phi) is 6.82. The van der Waals surface area contributed by atoms with E-state index in [2.05, 4.69) is 5.32 Å².